The zero-order valence-corrected chi connectivity index (χ0v) is 15.7. The molecule has 0 radical (unpaired) electrons. The number of methoxy groups -OCH3 is 3. The van der Waals surface area contributed by atoms with E-state index in [1.54, 1.807) is 42.6 Å². The highest BCUT2D eigenvalue weighted by Gasteiger charge is 2.27. The highest BCUT2D eigenvalue weighted by Crippen LogP contribution is 2.36. The minimum Gasteiger partial charge on any atom is -0.493 e. The molecule has 0 fully saturated rings. The lowest BCUT2D eigenvalue weighted by Crippen LogP contribution is -2.24. The van der Waals surface area contributed by atoms with E-state index in [1.807, 2.05) is 0 Å². The smallest absolute Gasteiger partial charge is 0.306 e. The zero-order chi connectivity index (χ0) is 20.3. The van der Waals surface area contributed by atoms with Gasteiger partial charge < -0.3 is 19.3 Å². The Morgan fingerprint density at radius 2 is 1.89 bits per heavy atom. The first-order valence-electron chi connectivity index (χ1n) is 8.49. The summed E-state index contributed by atoms with van der Waals surface area (Å²) >= 11 is 0. The van der Waals surface area contributed by atoms with Crippen LogP contribution in [0.2, 0.25) is 0 Å². The molecule has 3 rings (SSSR count). The molecule has 0 aliphatic carbocycles. The number of aromatic nitrogens is 2. The third-order valence-electron chi connectivity index (χ3n) is 4.51. The first-order chi connectivity index (χ1) is 13.5. The number of carbonyl (C=O) groups is 1. The van der Waals surface area contributed by atoms with Gasteiger partial charge in [0.2, 0.25) is 5.88 Å². The predicted molar refractivity (Wildman–Crippen MR) is 101 cm³/mol. The second kappa shape index (κ2) is 7.99. The van der Waals surface area contributed by atoms with E-state index in [2.05, 4.69) is 4.98 Å². The summed E-state index contributed by atoms with van der Waals surface area (Å²) in [7, 11) is 4.26. The molecule has 0 bridgehead atoms. The summed E-state index contributed by atoms with van der Waals surface area (Å²) in [5.74, 6) is -0.815. The van der Waals surface area contributed by atoms with Crippen molar-refractivity contribution >= 4 is 11.6 Å². The topological polar surface area (TPSA) is 99.4 Å². The quantitative estimate of drug-likeness (QED) is 0.650. The van der Waals surface area contributed by atoms with Gasteiger partial charge in [-0.25, -0.2) is 0 Å². The highest BCUT2D eigenvalue weighted by molar-refractivity contribution is 5.71. The predicted octanol–water partition coefficient (Wildman–Crippen LogP) is 2.11. The second-order valence-corrected chi connectivity index (χ2v) is 6.03. The SMILES string of the molecule is COC(=O)CC(c1ccc(OC)c(OC)c1)c1c(O)nc2ccccn2c1=O. The van der Waals surface area contributed by atoms with Crippen LogP contribution in [-0.2, 0) is 9.53 Å². The molecule has 28 heavy (non-hydrogen) atoms. The van der Waals surface area contributed by atoms with Gasteiger partial charge in [-0.2, -0.15) is 4.98 Å². The van der Waals surface area contributed by atoms with E-state index in [-0.39, 0.29) is 12.0 Å². The summed E-state index contributed by atoms with van der Waals surface area (Å²) in [6.07, 6.45) is 1.40. The van der Waals surface area contributed by atoms with Crippen molar-refractivity contribution in [2.75, 3.05) is 21.3 Å². The largest absolute Gasteiger partial charge is 0.493 e. The third kappa shape index (κ3) is 3.48. The average Bonchev–Trinajstić information content (AvgIpc) is 2.72. The lowest BCUT2D eigenvalue weighted by molar-refractivity contribution is -0.140. The molecule has 0 aliphatic rings. The van der Waals surface area contributed by atoms with Gasteiger partial charge in [-0.3, -0.25) is 14.0 Å². The molecular weight excluding hydrogens is 364 g/mol. The van der Waals surface area contributed by atoms with Gasteiger partial charge in [-0.1, -0.05) is 12.1 Å². The number of benzene rings is 1. The van der Waals surface area contributed by atoms with Gasteiger partial charge in [0, 0.05) is 12.1 Å². The van der Waals surface area contributed by atoms with Gasteiger partial charge in [-0.15, -0.1) is 0 Å². The second-order valence-electron chi connectivity index (χ2n) is 6.03. The molecular formula is C20H20N2O6. The number of aromatic hydroxyl groups is 1. The first kappa shape index (κ1) is 19.2. The van der Waals surface area contributed by atoms with Crippen LogP contribution in [-0.4, -0.2) is 41.8 Å². The molecule has 0 amide bonds. The number of hydrogen-bond acceptors (Lipinski definition) is 7. The lowest BCUT2D eigenvalue weighted by atomic mass is 9.89. The maximum atomic E-state index is 13.1. The molecule has 1 unspecified atom stereocenters. The highest BCUT2D eigenvalue weighted by atomic mass is 16.5. The van der Waals surface area contributed by atoms with Crippen LogP contribution >= 0.6 is 0 Å². The molecule has 3 aromatic rings. The molecule has 0 spiro atoms. The number of rotatable bonds is 6. The molecule has 1 N–H and O–H groups in total. The van der Waals surface area contributed by atoms with Crippen molar-refractivity contribution in [2.45, 2.75) is 12.3 Å². The monoisotopic (exact) mass is 384 g/mol. The van der Waals surface area contributed by atoms with E-state index in [0.717, 1.165) is 0 Å². The van der Waals surface area contributed by atoms with Crippen LogP contribution in [0.15, 0.2) is 47.4 Å². The van der Waals surface area contributed by atoms with Gasteiger partial charge in [0.1, 0.15) is 5.65 Å². The third-order valence-corrected chi connectivity index (χ3v) is 4.51. The van der Waals surface area contributed by atoms with E-state index in [4.69, 9.17) is 14.2 Å². The number of ether oxygens (including phenoxy) is 3. The molecule has 1 aromatic carbocycles. The Balaban J connectivity index is 2.23. The maximum absolute atomic E-state index is 13.1. The summed E-state index contributed by atoms with van der Waals surface area (Å²) in [6, 6.07) is 10.0. The van der Waals surface area contributed by atoms with Gasteiger partial charge in [0.05, 0.1) is 33.3 Å². The Bertz CT molecular complexity index is 1080. The van der Waals surface area contributed by atoms with Crippen molar-refractivity contribution < 1.29 is 24.1 Å². The number of pyridine rings is 1. The first-order valence-corrected chi connectivity index (χ1v) is 8.49. The van der Waals surface area contributed by atoms with Crippen molar-refractivity contribution in [1.29, 1.82) is 0 Å². The summed E-state index contributed by atoms with van der Waals surface area (Å²) in [4.78, 5) is 29.2. The summed E-state index contributed by atoms with van der Waals surface area (Å²) in [6.45, 7) is 0. The molecule has 0 aliphatic heterocycles. The fraction of sp³-hybridized carbons (Fsp3) is 0.250. The van der Waals surface area contributed by atoms with Crippen LogP contribution in [0.4, 0.5) is 0 Å². The van der Waals surface area contributed by atoms with Crippen molar-refractivity contribution in [3.63, 3.8) is 0 Å². The molecule has 146 valence electrons. The van der Waals surface area contributed by atoms with E-state index < -0.39 is 23.3 Å². The normalized spacial score (nSPS) is 11.8. The average molecular weight is 384 g/mol. The van der Waals surface area contributed by atoms with Crippen LogP contribution < -0.4 is 15.0 Å². The molecule has 2 aromatic heterocycles. The minimum absolute atomic E-state index is 0.00122. The van der Waals surface area contributed by atoms with Crippen LogP contribution in [0.25, 0.3) is 5.65 Å². The van der Waals surface area contributed by atoms with Gasteiger partial charge >= 0.3 is 5.97 Å². The van der Waals surface area contributed by atoms with Crippen molar-refractivity contribution in [3.05, 3.63) is 64.1 Å². The van der Waals surface area contributed by atoms with Crippen LogP contribution in [0.1, 0.15) is 23.5 Å². The molecule has 0 saturated carbocycles. The molecule has 0 saturated heterocycles. The van der Waals surface area contributed by atoms with Crippen LogP contribution in [0.5, 0.6) is 17.4 Å². The van der Waals surface area contributed by atoms with E-state index in [1.165, 1.54) is 25.7 Å². The molecule has 8 nitrogen and oxygen atoms in total. The van der Waals surface area contributed by atoms with Crippen molar-refractivity contribution in [1.82, 2.24) is 9.38 Å². The Kier molecular flexibility index (Phi) is 5.49. The number of hydrogen-bond donors (Lipinski definition) is 1. The Morgan fingerprint density at radius 1 is 1.14 bits per heavy atom. The minimum atomic E-state index is -0.788. The van der Waals surface area contributed by atoms with Crippen molar-refractivity contribution in [2.24, 2.45) is 0 Å². The lowest BCUT2D eigenvalue weighted by Gasteiger charge is -2.19. The number of esters is 1. The van der Waals surface area contributed by atoms with Gasteiger partial charge in [0.25, 0.3) is 5.56 Å². The van der Waals surface area contributed by atoms with Crippen LogP contribution in [0.3, 0.4) is 0 Å². The van der Waals surface area contributed by atoms with E-state index in [0.29, 0.717) is 22.7 Å². The maximum Gasteiger partial charge on any atom is 0.306 e. The fourth-order valence-corrected chi connectivity index (χ4v) is 3.10. The summed E-state index contributed by atoms with van der Waals surface area (Å²) in [5, 5.41) is 10.5. The summed E-state index contributed by atoms with van der Waals surface area (Å²) in [5.41, 5.74) is 0.416. The van der Waals surface area contributed by atoms with Gasteiger partial charge in [-0.05, 0) is 29.8 Å². The Morgan fingerprint density at radius 3 is 2.57 bits per heavy atom. The van der Waals surface area contributed by atoms with Gasteiger partial charge in [0.15, 0.2) is 11.5 Å². The van der Waals surface area contributed by atoms with E-state index in [9.17, 15) is 14.7 Å². The zero-order valence-electron chi connectivity index (χ0n) is 15.7. The van der Waals surface area contributed by atoms with E-state index >= 15 is 0 Å². The number of fused-ring (bicyclic) bond motifs is 1. The Hall–Kier alpha value is -3.55. The standard InChI is InChI=1S/C20H20N2O6/c1-26-14-8-7-12(10-15(14)27-2)13(11-17(23)28-3)18-19(24)21-16-6-4-5-9-22(16)20(18)25/h4-10,13,24H,11H2,1-3H3. The molecule has 1 atom stereocenters. The molecule has 8 heteroatoms. The number of carbonyl (C=O) groups excluding carboxylic acids is 1. The fourth-order valence-electron chi connectivity index (χ4n) is 3.10. The van der Waals surface area contributed by atoms with Crippen LogP contribution in [0, 0.1) is 0 Å². The Labute approximate surface area is 160 Å². The molecule has 2 heterocycles. The van der Waals surface area contributed by atoms with Crippen molar-refractivity contribution in [3.8, 4) is 17.4 Å². The number of nitrogens with zero attached hydrogens (tertiary/aromatic N) is 2. The summed E-state index contributed by atoms with van der Waals surface area (Å²) < 4.78 is 16.7.